The van der Waals surface area contributed by atoms with Gasteiger partial charge in [0.15, 0.2) is 0 Å². The Bertz CT molecular complexity index is 517. The number of nitrogens with zero attached hydrogens (tertiary/aromatic N) is 1. The molecule has 0 radical (unpaired) electrons. The van der Waals surface area contributed by atoms with Crippen molar-refractivity contribution in [2.24, 2.45) is 5.73 Å². The molecule has 0 fully saturated rings. The number of thiazole rings is 1. The van der Waals surface area contributed by atoms with Crippen LogP contribution in [0.1, 0.15) is 30.8 Å². The van der Waals surface area contributed by atoms with E-state index in [0.717, 1.165) is 23.6 Å². The lowest BCUT2D eigenvalue weighted by molar-refractivity contribution is 0.872. The summed E-state index contributed by atoms with van der Waals surface area (Å²) in [5, 5.41) is 1.09. The van der Waals surface area contributed by atoms with Crippen LogP contribution in [0.15, 0.2) is 29.2 Å². The molecule has 102 valence electrons. The van der Waals surface area contributed by atoms with Crippen molar-refractivity contribution >= 4 is 23.1 Å². The molecule has 2 nitrogen and oxygen atoms in total. The van der Waals surface area contributed by atoms with Crippen molar-refractivity contribution in [3.8, 4) is 10.6 Å². The molecule has 0 bridgehead atoms. The van der Waals surface area contributed by atoms with Gasteiger partial charge in [0.25, 0.3) is 0 Å². The summed E-state index contributed by atoms with van der Waals surface area (Å²) in [6, 6.07) is 8.67. The van der Waals surface area contributed by atoms with Crippen LogP contribution in [0.2, 0.25) is 0 Å². The van der Waals surface area contributed by atoms with Crippen LogP contribution in [0.3, 0.4) is 0 Å². The topological polar surface area (TPSA) is 38.9 Å². The number of nitrogens with two attached hydrogens (primary N) is 1. The summed E-state index contributed by atoms with van der Waals surface area (Å²) in [6.45, 7) is 4.94. The van der Waals surface area contributed by atoms with Crippen LogP contribution >= 0.6 is 23.1 Å². The van der Waals surface area contributed by atoms with Crippen molar-refractivity contribution in [3.63, 3.8) is 0 Å². The van der Waals surface area contributed by atoms with Gasteiger partial charge in [-0.05, 0) is 24.3 Å². The predicted octanol–water partition coefficient (Wildman–Crippen LogP) is 4.33. The first kappa shape index (κ1) is 14.6. The summed E-state index contributed by atoms with van der Waals surface area (Å²) in [4.78, 5) is 7.29. The summed E-state index contributed by atoms with van der Waals surface area (Å²) >= 11 is 3.59. The molecule has 2 N–H and O–H groups in total. The summed E-state index contributed by atoms with van der Waals surface area (Å²) < 4.78 is 0. The van der Waals surface area contributed by atoms with E-state index in [-0.39, 0.29) is 0 Å². The molecule has 19 heavy (non-hydrogen) atoms. The molecule has 0 unspecified atom stereocenters. The van der Waals surface area contributed by atoms with Crippen LogP contribution in [0.5, 0.6) is 0 Å². The van der Waals surface area contributed by atoms with Gasteiger partial charge in [-0.2, -0.15) is 0 Å². The molecular formula is C15H20N2S2. The van der Waals surface area contributed by atoms with Gasteiger partial charge in [-0.25, -0.2) is 4.98 Å². The average Bonchev–Trinajstić information content (AvgIpc) is 2.84. The maximum Gasteiger partial charge on any atom is 0.123 e. The SMILES string of the molecule is CCCc1nc(-c2ccc(SCC)cc2)sc1CN. The van der Waals surface area contributed by atoms with E-state index in [1.807, 2.05) is 11.8 Å². The van der Waals surface area contributed by atoms with Crippen molar-refractivity contribution in [1.82, 2.24) is 4.98 Å². The zero-order valence-electron chi connectivity index (χ0n) is 11.5. The van der Waals surface area contributed by atoms with Gasteiger partial charge in [0, 0.05) is 21.9 Å². The van der Waals surface area contributed by atoms with Gasteiger partial charge < -0.3 is 5.73 Å². The van der Waals surface area contributed by atoms with E-state index >= 15 is 0 Å². The third-order valence-corrected chi connectivity index (χ3v) is 4.93. The van der Waals surface area contributed by atoms with Gasteiger partial charge in [-0.3, -0.25) is 0 Å². The molecule has 4 heteroatoms. The van der Waals surface area contributed by atoms with Crippen LogP contribution < -0.4 is 5.73 Å². The standard InChI is InChI=1S/C15H20N2S2/c1-3-5-13-14(10-16)19-15(17-13)11-6-8-12(9-7-11)18-4-2/h6-9H,3-5,10,16H2,1-2H3. The summed E-state index contributed by atoms with van der Waals surface area (Å²) in [7, 11) is 0. The summed E-state index contributed by atoms with van der Waals surface area (Å²) in [5.74, 6) is 1.11. The molecule has 1 aromatic heterocycles. The van der Waals surface area contributed by atoms with E-state index in [2.05, 4.69) is 38.1 Å². The second-order valence-corrected chi connectivity index (χ2v) is 6.72. The van der Waals surface area contributed by atoms with Gasteiger partial charge in [0.1, 0.15) is 5.01 Å². The average molecular weight is 292 g/mol. The lowest BCUT2D eigenvalue weighted by Gasteiger charge is -2.00. The Labute approximate surface area is 123 Å². The molecule has 0 aliphatic heterocycles. The minimum absolute atomic E-state index is 0.594. The fraction of sp³-hybridized carbons (Fsp3) is 0.400. The van der Waals surface area contributed by atoms with Crippen molar-refractivity contribution in [3.05, 3.63) is 34.8 Å². The second-order valence-electron chi connectivity index (χ2n) is 4.30. The van der Waals surface area contributed by atoms with Crippen molar-refractivity contribution in [2.75, 3.05) is 5.75 Å². The highest BCUT2D eigenvalue weighted by atomic mass is 32.2. The van der Waals surface area contributed by atoms with Crippen LogP contribution in [-0.4, -0.2) is 10.7 Å². The van der Waals surface area contributed by atoms with E-state index in [1.165, 1.54) is 21.0 Å². The first-order valence-corrected chi connectivity index (χ1v) is 8.50. The van der Waals surface area contributed by atoms with Crippen molar-refractivity contribution in [2.45, 2.75) is 38.1 Å². The van der Waals surface area contributed by atoms with Crippen LogP contribution in [0, 0.1) is 0 Å². The fourth-order valence-corrected chi connectivity index (χ4v) is 3.61. The molecular weight excluding hydrogens is 272 g/mol. The van der Waals surface area contributed by atoms with Gasteiger partial charge >= 0.3 is 0 Å². The molecule has 1 aromatic carbocycles. The number of hydrogen-bond donors (Lipinski definition) is 1. The third kappa shape index (κ3) is 3.59. The normalized spacial score (nSPS) is 10.9. The Morgan fingerprint density at radius 1 is 1.21 bits per heavy atom. The monoisotopic (exact) mass is 292 g/mol. The minimum atomic E-state index is 0.594. The molecule has 0 spiro atoms. The van der Waals surface area contributed by atoms with E-state index < -0.39 is 0 Å². The van der Waals surface area contributed by atoms with Gasteiger partial charge in [-0.1, -0.05) is 32.4 Å². The lowest BCUT2D eigenvalue weighted by atomic mass is 10.2. The number of benzene rings is 1. The Morgan fingerprint density at radius 2 is 1.95 bits per heavy atom. The predicted molar refractivity (Wildman–Crippen MR) is 85.8 cm³/mol. The van der Waals surface area contributed by atoms with Crippen LogP contribution in [-0.2, 0) is 13.0 Å². The molecule has 0 aliphatic carbocycles. The molecule has 0 atom stereocenters. The first-order chi connectivity index (χ1) is 9.28. The Balaban J connectivity index is 2.25. The van der Waals surface area contributed by atoms with Crippen molar-refractivity contribution < 1.29 is 0 Å². The zero-order chi connectivity index (χ0) is 13.7. The lowest BCUT2D eigenvalue weighted by Crippen LogP contribution is -1.97. The Kier molecular flexibility index (Phi) is 5.43. The van der Waals surface area contributed by atoms with E-state index in [0.29, 0.717) is 6.54 Å². The summed E-state index contributed by atoms with van der Waals surface area (Å²) in [5.41, 5.74) is 8.18. The molecule has 0 saturated heterocycles. The third-order valence-electron chi connectivity index (χ3n) is 2.86. The van der Waals surface area contributed by atoms with E-state index in [1.54, 1.807) is 11.3 Å². The minimum Gasteiger partial charge on any atom is -0.326 e. The molecule has 0 aliphatic rings. The molecule has 2 aromatic rings. The van der Waals surface area contributed by atoms with E-state index in [4.69, 9.17) is 10.7 Å². The summed E-state index contributed by atoms with van der Waals surface area (Å²) in [6.07, 6.45) is 2.13. The molecule has 2 rings (SSSR count). The highest BCUT2D eigenvalue weighted by molar-refractivity contribution is 7.99. The number of aromatic nitrogens is 1. The van der Waals surface area contributed by atoms with Crippen LogP contribution in [0.4, 0.5) is 0 Å². The highest BCUT2D eigenvalue weighted by Gasteiger charge is 2.10. The highest BCUT2D eigenvalue weighted by Crippen LogP contribution is 2.30. The number of rotatable bonds is 6. The largest absolute Gasteiger partial charge is 0.326 e. The quantitative estimate of drug-likeness (QED) is 0.805. The zero-order valence-corrected chi connectivity index (χ0v) is 13.1. The number of aryl methyl sites for hydroxylation is 1. The molecule has 0 saturated carbocycles. The number of thioether (sulfide) groups is 1. The Morgan fingerprint density at radius 3 is 2.53 bits per heavy atom. The first-order valence-electron chi connectivity index (χ1n) is 6.70. The maximum atomic E-state index is 5.80. The fourth-order valence-electron chi connectivity index (χ4n) is 1.96. The molecule has 0 amide bonds. The maximum absolute atomic E-state index is 5.80. The molecule has 1 heterocycles. The van der Waals surface area contributed by atoms with E-state index in [9.17, 15) is 0 Å². The Hall–Kier alpha value is -0.840. The van der Waals surface area contributed by atoms with Crippen LogP contribution in [0.25, 0.3) is 10.6 Å². The van der Waals surface area contributed by atoms with Gasteiger partial charge in [0.2, 0.25) is 0 Å². The van der Waals surface area contributed by atoms with Crippen molar-refractivity contribution in [1.29, 1.82) is 0 Å². The van der Waals surface area contributed by atoms with Gasteiger partial charge in [-0.15, -0.1) is 23.1 Å². The van der Waals surface area contributed by atoms with Gasteiger partial charge in [0.05, 0.1) is 5.69 Å². The smallest absolute Gasteiger partial charge is 0.123 e. The number of hydrogen-bond acceptors (Lipinski definition) is 4. The second kappa shape index (κ2) is 7.08.